The zero-order valence-electron chi connectivity index (χ0n) is 12.9. The first kappa shape index (κ1) is 14.6. The molecule has 0 aromatic heterocycles. The molecule has 2 unspecified atom stereocenters. The molecule has 0 spiro atoms. The largest absolute Gasteiger partial charge is 0.296 e. The molecule has 0 heterocycles. The van der Waals surface area contributed by atoms with E-state index in [1.165, 1.54) is 50.5 Å². The Morgan fingerprint density at radius 3 is 2.38 bits per heavy atom. The zero-order valence-corrected chi connectivity index (χ0v) is 12.9. The molecule has 112 valence electrons. The van der Waals surface area contributed by atoms with Crippen molar-refractivity contribution in [1.29, 1.82) is 5.26 Å². The SMILES string of the molecule is N#CC1(NC2CCCCC2)CCCCC1c1ccccc1. The van der Waals surface area contributed by atoms with Crippen molar-refractivity contribution in [3.8, 4) is 6.07 Å². The molecule has 1 aromatic carbocycles. The lowest BCUT2D eigenvalue weighted by Gasteiger charge is -2.43. The second-order valence-electron chi connectivity index (χ2n) is 6.77. The summed E-state index contributed by atoms with van der Waals surface area (Å²) >= 11 is 0. The predicted molar refractivity (Wildman–Crippen MR) is 86.0 cm³/mol. The van der Waals surface area contributed by atoms with Crippen LogP contribution in [0.2, 0.25) is 0 Å². The van der Waals surface area contributed by atoms with Crippen LogP contribution in [0.5, 0.6) is 0 Å². The van der Waals surface area contributed by atoms with Gasteiger partial charge in [-0.25, -0.2) is 0 Å². The van der Waals surface area contributed by atoms with Crippen LogP contribution in [0.3, 0.4) is 0 Å². The first-order valence-electron chi connectivity index (χ1n) is 8.58. The molecular weight excluding hydrogens is 256 g/mol. The summed E-state index contributed by atoms with van der Waals surface area (Å²) in [4.78, 5) is 0. The van der Waals surface area contributed by atoms with Crippen molar-refractivity contribution in [3.05, 3.63) is 35.9 Å². The van der Waals surface area contributed by atoms with Crippen LogP contribution in [0.15, 0.2) is 30.3 Å². The Balaban J connectivity index is 1.84. The van der Waals surface area contributed by atoms with Crippen molar-refractivity contribution < 1.29 is 0 Å². The highest BCUT2D eigenvalue weighted by atomic mass is 15.0. The molecule has 1 aromatic rings. The average molecular weight is 282 g/mol. The summed E-state index contributed by atoms with van der Waals surface area (Å²) in [6.45, 7) is 0. The van der Waals surface area contributed by atoms with Crippen molar-refractivity contribution in [2.45, 2.75) is 75.3 Å². The summed E-state index contributed by atoms with van der Waals surface area (Å²) in [7, 11) is 0. The molecule has 2 aliphatic carbocycles. The molecule has 0 amide bonds. The molecule has 2 heteroatoms. The fraction of sp³-hybridized carbons (Fsp3) is 0.632. The van der Waals surface area contributed by atoms with Gasteiger partial charge in [0.2, 0.25) is 0 Å². The molecule has 3 rings (SSSR count). The van der Waals surface area contributed by atoms with E-state index in [1.807, 2.05) is 0 Å². The standard InChI is InChI=1S/C19H26N2/c20-15-19(21-17-11-5-2-6-12-17)14-8-7-13-18(19)16-9-3-1-4-10-16/h1,3-4,9-10,17-18,21H,2,5-8,11-14H2. The minimum atomic E-state index is -0.346. The van der Waals surface area contributed by atoms with Crippen LogP contribution in [-0.4, -0.2) is 11.6 Å². The molecule has 2 atom stereocenters. The zero-order chi connectivity index (χ0) is 14.5. The third-order valence-electron chi connectivity index (χ3n) is 5.38. The summed E-state index contributed by atoms with van der Waals surface area (Å²) < 4.78 is 0. The maximum absolute atomic E-state index is 9.99. The number of hydrogen-bond acceptors (Lipinski definition) is 2. The Morgan fingerprint density at radius 2 is 1.67 bits per heavy atom. The van der Waals surface area contributed by atoms with Crippen LogP contribution in [0.25, 0.3) is 0 Å². The molecule has 0 aliphatic heterocycles. The van der Waals surface area contributed by atoms with Gasteiger partial charge in [0, 0.05) is 12.0 Å². The minimum Gasteiger partial charge on any atom is -0.296 e. The summed E-state index contributed by atoms with van der Waals surface area (Å²) in [6.07, 6.45) is 11.0. The van der Waals surface area contributed by atoms with Crippen molar-refractivity contribution in [2.24, 2.45) is 0 Å². The molecular formula is C19H26N2. The van der Waals surface area contributed by atoms with E-state index >= 15 is 0 Å². The normalized spacial score (nSPS) is 30.7. The second kappa shape index (κ2) is 6.62. The monoisotopic (exact) mass is 282 g/mol. The first-order chi connectivity index (χ1) is 10.3. The maximum Gasteiger partial charge on any atom is 0.113 e. The van der Waals surface area contributed by atoms with E-state index in [0.29, 0.717) is 12.0 Å². The van der Waals surface area contributed by atoms with Crippen LogP contribution in [-0.2, 0) is 0 Å². The molecule has 2 aliphatic rings. The third-order valence-corrected chi connectivity index (χ3v) is 5.38. The van der Waals surface area contributed by atoms with Gasteiger partial charge in [-0.15, -0.1) is 0 Å². The van der Waals surface area contributed by atoms with Crippen molar-refractivity contribution in [1.82, 2.24) is 5.32 Å². The van der Waals surface area contributed by atoms with Crippen LogP contribution in [0, 0.1) is 11.3 Å². The Hall–Kier alpha value is -1.33. The lowest BCUT2D eigenvalue weighted by molar-refractivity contribution is 0.209. The van der Waals surface area contributed by atoms with Gasteiger partial charge in [0.15, 0.2) is 0 Å². The van der Waals surface area contributed by atoms with Gasteiger partial charge in [0.25, 0.3) is 0 Å². The van der Waals surface area contributed by atoms with Crippen LogP contribution < -0.4 is 5.32 Å². The van der Waals surface area contributed by atoms with Gasteiger partial charge in [-0.2, -0.15) is 5.26 Å². The number of nitrogens with one attached hydrogen (secondary N) is 1. The van der Waals surface area contributed by atoms with Gasteiger partial charge in [-0.05, 0) is 31.2 Å². The molecule has 2 nitrogen and oxygen atoms in total. The minimum absolute atomic E-state index is 0.346. The summed E-state index contributed by atoms with van der Waals surface area (Å²) in [5.41, 5.74) is 0.990. The number of nitrogens with zero attached hydrogens (tertiary/aromatic N) is 1. The fourth-order valence-corrected chi connectivity index (χ4v) is 4.26. The Kier molecular flexibility index (Phi) is 4.60. The van der Waals surface area contributed by atoms with E-state index in [-0.39, 0.29) is 5.54 Å². The molecule has 1 N–H and O–H groups in total. The van der Waals surface area contributed by atoms with Gasteiger partial charge < -0.3 is 0 Å². The number of nitriles is 1. The highest BCUT2D eigenvalue weighted by Gasteiger charge is 2.43. The van der Waals surface area contributed by atoms with E-state index < -0.39 is 0 Å². The van der Waals surface area contributed by atoms with Gasteiger partial charge in [-0.1, -0.05) is 62.4 Å². The highest BCUT2D eigenvalue weighted by molar-refractivity contribution is 5.30. The van der Waals surface area contributed by atoms with Crippen LogP contribution in [0.4, 0.5) is 0 Å². The summed E-state index contributed by atoms with van der Waals surface area (Å²) in [5, 5.41) is 13.8. The number of benzene rings is 1. The summed E-state index contributed by atoms with van der Waals surface area (Å²) in [6, 6.07) is 13.9. The van der Waals surface area contributed by atoms with E-state index in [0.717, 1.165) is 12.8 Å². The smallest absolute Gasteiger partial charge is 0.113 e. The fourth-order valence-electron chi connectivity index (χ4n) is 4.26. The Labute approximate surface area is 128 Å². The Bertz CT molecular complexity index is 484. The predicted octanol–water partition coefficient (Wildman–Crippen LogP) is 4.53. The molecule has 0 radical (unpaired) electrons. The van der Waals surface area contributed by atoms with Gasteiger partial charge >= 0.3 is 0 Å². The van der Waals surface area contributed by atoms with Gasteiger partial charge in [0.05, 0.1) is 6.07 Å². The molecule has 2 fully saturated rings. The molecule has 0 bridgehead atoms. The van der Waals surface area contributed by atoms with E-state index in [2.05, 4.69) is 41.7 Å². The summed E-state index contributed by atoms with van der Waals surface area (Å²) in [5.74, 6) is 0.347. The highest BCUT2D eigenvalue weighted by Crippen LogP contribution is 2.41. The molecule has 21 heavy (non-hydrogen) atoms. The van der Waals surface area contributed by atoms with Gasteiger partial charge in [0.1, 0.15) is 5.54 Å². The van der Waals surface area contributed by atoms with Crippen molar-refractivity contribution >= 4 is 0 Å². The van der Waals surface area contributed by atoms with Gasteiger partial charge in [-0.3, -0.25) is 5.32 Å². The van der Waals surface area contributed by atoms with Crippen molar-refractivity contribution in [3.63, 3.8) is 0 Å². The average Bonchev–Trinajstić information content (AvgIpc) is 2.57. The molecule has 2 saturated carbocycles. The van der Waals surface area contributed by atoms with E-state index in [4.69, 9.17) is 0 Å². The lowest BCUT2D eigenvalue weighted by Crippen LogP contribution is -2.55. The van der Waals surface area contributed by atoms with Crippen LogP contribution >= 0.6 is 0 Å². The van der Waals surface area contributed by atoms with Crippen molar-refractivity contribution in [2.75, 3.05) is 0 Å². The number of rotatable bonds is 3. The maximum atomic E-state index is 9.99. The first-order valence-corrected chi connectivity index (χ1v) is 8.58. The Morgan fingerprint density at radius 1 is 0.952 bits per heavy atom. The number of hydrogen-bond donors (Lipinski definition) is 1. The topological polar surface area (TPSA) is 35.8 Å². The van der Waals surface area contributed by atoms with E-state index in [1.54, 1.807) is 0 Å². The van der Waals surface area contributed by atoms with E-state index in [9.17, 15) is 5.26 Å². The van der Waals surface area contributed by atoms with Crippen LogP contribution in [0.1, 0.15) is 69.3 Å². The quantitative estimate of drug-likeness (QED) is 0.884. The molecule has 0 saturated heterocycles. The third kappa shape index (κ3) is 3.14. The lowest BCUT2D eigenvalue weighted by atomic mass is 9.69. The second-order valence-corrected chi connectivity index (χ2v) is 6.77.